The fourth-order valence-electron chi connectivity index (χ4n) is 0.576. The molecule has 11 heavy (non-hydrogen) atoms. The Hall–Kier alpha value is -1.38. The molecule has 0 unspecified atom stereocenters. The van der Waals surface area contributed by atoms with Gasteiger partial charge in [0.1, 0.15) is 6.61 Å². The first-order valence-electron chi connectivity index (χ1n) is 3.45. The third-order valence-corrected chi connectivity index (χ3v) is 1.05. The maximum atomic E-state index is 4.65. The van der Waals surface area contributed by atoms with Crippen molar-refractivity contribution in [1.29, 1.82) is 0 Å². The van der Waals surface area contributed by atoms with Gasteiger partial charge in [0.25, 0.3) is 0 Å². The van der Waals surface area contributed by atoms with Crippen LogP contribution >= 0.6 is 0 Å². The number of hydrogen-bond acceptors (Lipinski definition) is 3. The summed E-state index contributed by atoms with van der Waals surface area (Å²) < 4.78 is 4.65. The van der Waals surface area contributed by atoms with Gasteiger partial charge in [0.05, 0.1) is 6.54 Å². The van der Waals surface area contributed by atoms with Crippen molar-refractivity contribution < 1.29 is 4.74 Å². The summed E-state index contributed by atoms with van der Waals surface area (Å²) in [6.45, 7) is 1.62. The molecule has 0 fully saturated rings. The molecular formula is C8H10N2O. The monoisotopic (exact) mass is 150 g/mol. The van der Waals surface area contributed by atoms with Crippen LogP contribution in [0.2, 0.25) is 0 Å². The quantitative estimate of drug-likeness (QED) is 0.555. The Bertz CT molecular complexity index is 166. The van der Waals surface area contributed by atoms with Crippen molar-refractivity contribution in [1.82, 2.24) is 4.98 Å². The zero-order chi connectivity index (χ0) is 7.78. The molecule has 0 atom stereocenters. The van der Waals surface area contributed by atoms with Gasteiger partial charge in [-0.3, -0.25) is 9.98 Å². The Morgan fingerprint density at radius 2 is 1.91 bits per heavy atom. The van der Waals surface area contributed by atoms with E-state index in [9.17, 15) is 0 Å². The molecule has 3 heteroatoms. The van der Waals surface area contributed by atoms with Crippen molar-refractivity contribution in [3.05, 3.63) is 30.6 Å². The van der Waals surface area contributed by atoms with Crippen LogP contribution in [-0.4, -0.2) is 24.5 Å². The van der Waals surface area contributed by atoms with Crippen LogP contribution in [0.3, 0.4) is 0 Å². The largest absolute Gasteiger partial charge is 0.482 e. The molecule has 0 N–H and O–H groups in total. The number of aliphatic imine (C=N–C) groups is 1. The molecule has 1 aromatic heterocycles. The lowest BCUT2D eigenvalue weighted by atomic mass is 10.5. The molecule has 1 aliphatic rings. The normalized spacial score (nSPS) is 13.1. The topological polar surface area (TPSA) is 34.5 Å². The summed E-state index contributed by atoms with van der Waals surface area (Å²) in [5, 5.41) is 0. The number of aromatic nitrogens is 1. The smallest absolute Gasteiger partial charge is 0.169 e. The Kier molecular flexibility index (Phi) is 3.80. The van der Waals surface area contributed by atoms with Crippen molar-refractivity contribution in [3.63, 3.8) is 0 Å². The van der Waals surface area contributed by atoms with Crippen molar-refractivity contribution in [3.8, 4) is 0 Å². The van der Waals surface area contributed by atoms with E-state index < -0.39 is 0 Å². The SMILES string of the molecule is C1=NCCO1.c1ccncc1. The number of hydrogen-bond donors (Lipinski definition) is 0. The highest BCUT2D eigenvalue weighted by atomic mass is 16.5. The van der Waals surface area contributed by atoms with E-state index in [1.807, 2.05) is 18.2 Å². The fraction of sp³-hybridized carbons (Fsp3) is 0.250. The average Bonchev–Trinajstić information content (AvgIpc) is 2.64. The summed E-state index contributed by atoms with van der Waals surface area (Å²) in [6.07, 6.45) is 4.99. The van der Waals surface area contributed by atoms with Gasteiger partial charge in [-0.05, 0) is 12.1 Å². The van der Waals surface area contributed by atoms with Gasteiger partial charge in [-0.2, -0.15) is 0 Å². The molecule has 0 radical (unpaired) electrons. The van der Waals surface area contributed by atoms with Crippen LogP contribution in [0.4, 0.5) is 0 Å². The number of rotatable bonds is 0. The lowest BCUT2D eigenvalue weighted by molar-refractivity contribution is 0.361. The van der Waals surface area contributed by atoms with E-state index in [2.05, 4.69) is 14.7 Å². The van der Waals surface area contributed by atoms with Crippen LogP contribution in [0.5, 0.6) is 0 Å². The minimum absolute atomic E-state index is 0.778. The zero-order valence-corrected chi connectivity index (χ0v) is 6.18. The van der Waals surface area contributed by atoms with E-state index in [1.54, 1.807) is 12.4 Å². The molecule has 0 bridgehead atoms. The van der Waals surface area contributed by atoms with Gasteiger partial charge in [0.2, 0.25) is 0 Å². The molecule has 58 valence electrons. The third kappa shape index (κ3) is 4.08. The Morgan fingerprint density at radius 3 is 2.09 bits per heavy atom. The molecule has 3 nitrogen and oxygen atoms in total. The number of pyridine rings is 1. The first-order chi connectivity index (χ1) is 5.50. The predicted octanol–water partition coefficient (Wildman–Crippen LogP) is 1.13. The summed E-state index contributed by atoms with van der Waals surface area (Å²) in [5.41, 5.74) is 0. The standard InChI is InChI=1S/C5H5N.C3H5NO/c1-2-4-6-5-3-1;1-2-5-3-4-1/h1-5H;3H,1-2H2. The molecule has 0 amide bonds. The van der Waals surface area contributed by atoms with Crippen LogP contribution in [0.15, 0.2) is 35.6 Å². The molecular weight excluding hydrogens is 140 g/mol. The maximum absolute atomic E-state index is 4.65. The van der Waals surface area contributed by atoms with Crippen LogP contribution in [0.25, 0.3) is 0 Å². The third-order valence-electron chi connectivity index (χ3n) is 1.05. The van der Waals surface area contributed by atoms with E-state index >= 15 is 0 Å². The number of nitrogens with zero attached hydrogens (tertiary/aromatic N) is 2. The summed E-state index contributed by atoms with van der Waals surface area (Å²) in [4.78, 5) is 7.52. The van der Waals surface area contributed by atoms with Crippen molar-refractivity contribution in [2.75, 3.05) is 13.2 Å². The van der Waals surface area contributed by atoms with Gasteiger partial charge >= 0.3 is 0 Å². The molecule has 1 aliphatic heterocycles. The summed E-state index contributed by atoms with van der Waals surface area (Å²) in [6, 6.07) is 5.72. The summed E-state index contributed by atoms with van der Waals surface area (Å²) >= 11 is 0. The Morgan fingerprint density at radius 1 is 1.09 bits per heavy atom. The second-order valence-electron chi connectivity index (χ2n) is 1.91. The van der Waals surface area contributed by atoms with E-state index in [-0.39, 0.29) is 0 Å². The molecule has 0 spiro atoms. The van der Waals surface area contributed by atoms with E-state index in [1.165, 1.54) is 6.40 Å². The lowest BCUT2D eigenvalue weighted by Gasteiger charge is -1.76. The fourth-order valence-corrected chi connectivity index (χ4v) is 0.576. The van der Waals surface area contributed by atoms with Crippen LogP contribution < -0.4 is 0 Å². The maximum Gasteiger partial charge on any atom is 0.169 e. The molecule has 0 aromatic carbocycles. The van der Waals surface area contributed by atoms with Crippen molar-refractivity contribution in [2.24, 2.45) is 4.99 Å². The van der Waals surface area contributed by atoms with E-state index in [4.69, 9.17) is 0 Å². The van der Waals surface area contributed by atoms with Crippen LogP contribution in [0.1, 0.15) is 0 Å². The van der Waals surface area contributed by atoms with Crippen molar-refractivity contribution >= 4 is 6.40 Å². The van der Waals surface area contributed by atoms with Gasteiger partial charge in [-0.25, -0.2) is 0 Å². The molecule has 0 aliphatic carbocycles. The van der Waals surface area contributed by atoms with E-state index in [0.717, 1.165) is 13.2 Å². The van der Waals surface area contributed by atoms with Gasteiger partial charge in [0, 0.05) is 12.4 Å². The molecule has 2 heterocycles. The molecule has 0 saturated carbocycles. The van der Waals surface area contributed by atoms with Gasteiger partial charge in [-0.15, -0.1) is 0 Å². The zero-order valence-electron chi connectivity index (χ0n) is 6.18. The second-order valence-corrected chi connectivity index (χ2v) is 1.91. The summed E-state index contributed by atoms with van der Waals surface area (Å²) in [7, 11) is 0. The number of ether oxygens (including phenoxy) is 1. The van der Waals surface area contributed by atoms with Gasteiger partial charge in [0.15, 0.2) is 6.40 Å². The molecule has 0 saturated heterocycles. The van der Waals surface area contributed by atoms with Gasteiger partial charge in [-0.1, -0.05) is 6.07 Å². The van der Waals surface area contributed by atoms with Crippen molar-refractivity contribution in [2.45, 2.75) is 0 Å². The average molecular weight is 150 g/mol. The highest BCUT2D eigenvalue weighted by Crippen LogP contribution is 1.78. The Balaban J connectivity index is 0.000000112. The minimum atomic E-state index is 0.778. The highest BCUT2D eigenvalue weighted by molar-refractivity contribution is 5.47. The van der Waals surface area contributed by atoms with Crippen LogP contribution in [-0.2, 0) is 4.74 Å². The highest BCUT2D eigenvalue weighted by Gasteiger charge is 1.84. The second kappa shape index (κ2) is 5.41. The first-order valence-corrected chi connectivity index (χ1v) is 3.45. The molecule has 2 rings (SSSR count). The van der Waals surface area contributed by atoms with Gasteiger partial charge < -0.3 is 4.74 Å². The summed E-state index contributed by atoms with van der Waals surface area (Å²) in [5.74, 6) is 0. The minimum Gasteiger partial charge on any atom is -0.482 e. The van der Waals surface area contributed by atoms with Crippen LogP contribution in [0, 0.1) is 0 Å². The lowest BCUT2D eigenvalue weighted by Crippen LogP contribution is -1.80. The van der Waals surface area contributed by atoms with E-state index in [0.29, 0.717) is 0 Å². The Labute approximate surface area is 65.8 Å². The predicted molar refractivity (Wildman–Crippen MR) is 43.5 cm³/mol. The first kappa shape index (κ1) is 7.72. The molecule has 1 aromatic rings.